The summed E-state index contributed by atoms with van der Waals surface area (Å²) in [6.45, 7) is 6.31. The van der Waals surface area contributed by atoms with Crippen molar-refractivity contribution in [1.82, 2.24) is 10.5 Å². The number of phenolic OH excluding ortho intramolecular Hbond substituents is 1. The van der Waals surface area contributed by atoms with Gasteiger partial charge in [-0.1, -0.05) is 38.1 Å². The van der Waals surface area contributed by atoms with E-state index < -0.39 is 0 Å². The van der Waals surface area contributed by atoms with Gasteiger partial charge in [-0.2, -0.15) is 0 Å². The third-order valence-corrected chi connectivity index (χ3v) is 2.85. The van der Waals surface area contributed by atoms with E-state index >= 15 is 0 Å². The van der Waals surface area contributed by atoms with E-state index in [1.165, 1.54) is 0 Å². The number of amides is 2. The summed E-state index contributed by atoms with van der Waals surface area (Å²) in [7, 11) is 0. The van der Waals surface area contributed by atoms with E-state index in [1.54, 1.807) is 24.3 Å². The first-order valence-corrected chi connectivity index (χ1v) is 6.64. The lowest BCUT2D eigenvalue weighted by molar-refractivity contribution is 0.251. The van der Waals surface area contributed by atoms with Crippen molar-refractivity contribution in [2.45, 2.75) is 32.7 Å². The summed E-state index contributed by atoms with van der Waals surface area (Å²) in [6.07, 6.45) is 0. The van der Waals surface area contributed by atoms with Crippen molar-refractivity contribution >= 4 is 11.8 Å². The van der Waals surface area contributed by atoms with Crippen LogP contribution in [0.4, 0.5) is 10.6 Å². The molecule has 0 aliphatic heterocycles. The summed E-state index contributed by atoms with van der Waals surface area (Å²) in [5.74, 6) is 1.24. The number of rotatable bonds is 3. The topological polar surface area (TPSA) is 87.4 Å². The number of benzene rings is 1. The molecule has 0 spiro atoms. The van der Waals surface area contributed by atoms with E-state index in [0.29, 0.717) is 18.1 Å². The maximum atomic E-state index is 11.8. The van der Waals surface area contributed by atoms with Gasteiger partial charge < -0.3 is 14.9 Å². The second-order valence-electron chi connectivity index (χ2n) is 5.80. The van der Waals surface area contributed by atoms with E-state index in [1.807, 2.05) is 26.8 Å². The van der Waals surface area contributed by atoms with E-state index in [0.717, 1.165) is 5.56 Å². The number of nitrogens with one attached hydrogen (secondary N) is 2. The normalized spacial score (nSPS) is 11.2. The largest absolute Gasteiger partial charge is 0.508 e. The molecule has 6 nitrogen and oxygen atoms in total. The van der Waals surface area contributed by atoms with Gasteiger partial charge in [-0.3, -0.25) is 5.32 Å². The molecule has 0 unspecified atom stereocenters. The molecule has 0 bridgehead atoms. The summed E-state index contributed by atoms with van der Waals surface area (Å²) in [5, 5.41) is 18.4. The standard InChI is InChI=1S/C15H19N3O3/c1-15(2,3)12-8-13(18-21-12)17-14(20)16-9-10-5-4-6-11(19)7-10/h4-8,19H,9H2,1-3H3,(H2,16,17,18,20). The maximum absolute atomic E-state index is 11.8. The first-order valence-electron chi connectivity index (χ1n) is 6.64. The number of phenols is 1. The molecule has 1 heterocycles. The van der Waals surface area contributed by atoms with Crippen LogP contribution in [0.1, 0.15) is 32.1 Å². The Morgan fingerprint density at radius 1 is 1.33 bits per heavy atom. The molecular weight excluding hydrogens is 270 g/mol. The van der Waals surface area contributed by atoms with Gasteiger partial charge in [0, 0.05) is 18.0 Å². The van der Waals surface area contributed by atoms with Crippen molar-refractivity contribution in [3.63, 3.8) is 0 Å². The number of carbonyl (C=O) groups excluding carboxylic acids is 1. The Labute approximate surface area is 123 Å². The lowest BCUT2D eigenvalue weighted by atomic mass is 9.93. The molecule has 0 fully saturated rings. The van der Waals surface area contributed by atoms with E-state index in [2.05, 4.69) is 15.8 Å². The Kier molecular flexibility index (Phi) is 4.16. The van der Waals surface area contributed by atoms with Crippen LogP contribution in [-0.4, -0.2) is 16.3 Å². The van der Waals surface area contributed by atoms with Crippen LogP contribution in [0.15, 0.2) is 34.9 Å². The zero-order valence-corrected chi connectivity index (χ0v) is 12.3. The molecule has 21 heavy (non-hydrogen) atoms. The quantitative estimate of drug-likeness (QED) is 0.810. The van der Waals surface area contributed by atoms with Crippen molar-refractivity contribution < 1.29 is 14.4 Å². The van der Waals surface area contributed by atoms with Gasteiger partial charge in [0.05, 0.1) is 0 Å². The summed E-state index contributed by atoms with van der Waals surface area (Å²) in [4.78, 5) is 11.8. The molecule has 0 aliphatic carbocycles. The number of hydrogen-bond donors (Lipinski definition) is 3. The number of carbonyl (C=O) groups is 1. The van der Waals surface area contributed by atoms with Crippen molar-refractivity contribution in [2.75, 3.05) is 5.32 Å². The van der Waals surface area contributed by atoms with Crippen LogP contribution in [0.25, 0.3) is 0 Å². The molecule has 1 aromatic heterocycles. The minimum absolute atomic E-state index is 0.162. The SMILES string of the molecule is CC(C)(C)c1cc(NC(=O)NCc2cccc(O)c2)no1. The lowest BCUT2D eigenvalue weighted by Crippen LogP contribution is -2.28. The van der Waals surface area contributed by atoms with Crippen LogP contribution >= 0.6 is 0 Å². The van der Waals surface area contributed by atoms with Crippen LogP contribution in [-0.2, 0) is 12.0 Å². The van der Waals surface area contributed by atoms with E-state index in [-0.39, 0.29) is 17.2 Å². The molecule has 0 saturated carbocycles. The Morgan fingerprint density at radius 2 is 2.10 bits per heavy atom. The number of aromatic hydroxyl groups is 1. The smallest absolute Gasteiger partial charge is 0.320 e. The predicted molar refractivity (Wildman–Crippen MR) is 79.2 cm³/mol. The third-order valence-electron chi connectivity index (χ3n) is 2.85. The van der Waals surface area contributed by atoms with Crippen LogP contribution in [0.2, 0.25) is 0 Å². The lowest BCUT2D eigenvalue weighted by Gasteiger charge is -2.12. The van der Waals surface area contributed by atoms with Crippen molar-refractivity contribution in [2.24, 2.45) is 0 Å². The minimum Gasteiger partial charge on any atom is -0.508 e. The zero-order chi connectivity index (χ0) is 15.5. The molecule has 0 aliphatic rings. The van der Waals surface area contributed by atoms with Crippen molar-refractivity contribution in [3.05, 3.63) is 41.7 Å². The average molecular weight is 289 g/mol. The number of aromatic nitrogens is 1. The zero-order valence-electron chi connectivity index (χ0n) is 12.3. The van der Waals surface area contributed by atoms with Crippen LogP contribution in [0.3, 0.4) is 0 Å². The number of anilines is 1. The molecular formula is C15H19N3O3. The third kappa shape index (κ3) is 4.24. The summed E-state index contributed by atoms with van der Waals surface area (Å²) < 4.78 is 5.18. The Hall–Kier alpha value is -2.50. The van der Waals surface area contributed by atoms with Gasteiger partial charge in [-0.25, -0.2) is 4.79 Å². The van der Waals surface area contributed by atoms with Crippen molar-refractivity contribution in [1.29, 1.82) is 0 Å². The summed E-state index contributed by atoms with van der Waals surface area (Å²) >= 11 is 0. The predicted octanol–water partition coefficient (Wildman–Crippen LogP) is 3.00. The molecule has 2 aromatic rings. The Bertz CT molecular complexity index is 629. The first kappa shape index (κ1) is 14.9. The second kappa shape index (κ2) is 5.87. The van der Waals surface area contributed by atoms with Crippen LogP contribution < -0.4 is 10.6 Å². The number of nitrogens with zero attached hydrogens (tertiary/aromatic N) is 1. The molecule has 6 heteroatoms. The fourth-order valence-corrected chi connectivity index (χ4v) is 1.70. The van der Waals surface area contributed by atoms with Crippen LogP contribution in [0, 0.1) is 0 Å². The molecule has 1 aromatic carbocycles. The van der Waals surface area contributed by atoms with E-state index in [9.17, 15) is 9.90 Å². The Morgan fingerprint density at radius 3 is 2.71 bits per heavy atom. The summed E-state index contributed by atoms with van der Waals surface area (Å²) in [6, 6.07) is 8.02. The van der Waals surface area contributed by atoms with Gasteiger partial charge in [-0.05, 0) is 17.7 Å². The maximum Gasteiger partial charge on any atom is 0.320 e. The first-order chi connectivity index (χ1) is 9.84. The molecule has 2 rings (SSSR count). The summed E-state index contributed by atoms with van der Waals surface area (Å²) in [5.41, 5.74) is 0.644. The highest BCUT2D eigenvalue weighted by molar-refractivity contribution is 5.88. The van der Waals surface area contributed by atoms with Gasteiger partial charge >= 0.3 is 6.03 Å². The van der Waals surface area contributed by atoms with Gasteiger partial charge in [0.2, 0.25) is 0 Å². The van der Waals surface area contributed by atoms with E-state index in [4.69, 9.17) is 4.52 Å². The van der Waals surface area contributed by atoms with Gasteiger partial charge in [0.15, 0.2) is 5.82 Å². The molecule has 3 N–H and O–H groups in total. The van der Waals surface area contributed by atoms with Crippen LogP contribution in [0.5, 0.6) is 5.75 Å². The van der Waals surface area contributed by atoms with Gasteiger partial charge in [0.25, 0.3) is 0 Å². The van der Waals surface area contributed by atoms with Gasteiger partial charge in [0.1, 0.15) is 11.5 Å². The van der Waals surface area contributed by atoms with Gasteiger partial charge in [-0.15, -0.1) is 0 Å². The molecule has 0 saturated heterocycles. The number of urea groups is 1. The fourth-order valence-electron chi connectivity index (χ4n) is 1.70. The molecule has 112 valence electrons. The fraction of sp³-hybridized carbons (Fsp3) is 0.333. The second-order valence-corrected chi connectivity index (χ2v) is 5.80. The highest BCUT2D eigenvalue weighted by Gasteiger charge is 2.20. The van der Waals surface area contributed by atoms with Crippen molar-refractivity contribution in [3.8, 4) is 5.75 Å². The number of hydrogen-bond acceptors (Lipinski definition) is 4. The highest BCUT2D eigenvalue weighted by Crippen LogP contribution is 2.24. The minimum atomic E-state index is -0.382. The average Bonchev–Trinajstić information content (AvgIpc) is 2.85. The molecule has 0 radical (unpaired) electrons. The molecule has 2 amide bonds. The Balaban J connectivity index is 1.89. The monoisotopic (exact) mass is 289 g/mol. The highest BCUT2D eigenvalue weighted by atomic mass is 16.5. The molecule has 0 atom stereocenters.